The summed E-state index contributed by atoms with van der Waals surface area (Å²) in [6.45, 7) is 4.68. The smallest absolute Gasteiger partial charge is 0.211 e. The fourth-order valence-corrected chi connectivity index (χ4v) is 3.78. The summed E-state index contributed by atoms with van der Waals surface area (Å²) >= 11 is 3.07. The van der Waals surface area contributed by atoms with Gasteiger partial charge in [0.15, 0.2) is 0 Å². The predicted octanol–water partition coefficient (Wildman–Crippen LogP) is 3.69. The Morgan fingerprint density at radius 2 is 2.00 bits per heavy atom. The molecule has 3 nitrogen and oxygen atoms in total. The molecule has 1 N–H and O–H groups in total. The molecule has 1 aromatic rings. The van der Waals surface area contributed by atoms with Crippen LogP contribution in [0.4, 0.5) is 4.39 Å². The largest absolute Gasteiger partial charge is 0.241 e. The highest BCUT2D eigenvalue weighted by atomic mass is 79.9. The van der Waals surface area contributed by atoms with Gasteiger partial charge in [0.1, 0.15) is 5.82 Å². The molecule has 0 aliphatic carbocycles. The maximum absolute atomic E-state index is 12.9. The molecule has 0 spiro atoms. The number of halogens is 2. The number of nitrogens with one attached hydrogen (secondary N) is 1. The first-order valence-electron chi connectivity index (χ1n) is 6.27. The Hall–Kier alpha value is -0.460. The Kier molecular flexibility index (Phi) is 6.42. The van der Waals surface area contributed by atoms with E-state index in [-0.39, 0.29) is 9.37 Å². The van der Waals surface area contributed by atoms with Gasteiger partial charge in [-0.2, -0.15) is 0 Å². The molecule has 0 fully saturated rings. The summed E-state index contributed by atoms with van der Waals surface area (Å²) in [4.78, 5) is 0.0674. The summed E-state index contributed by atoms with van der Waals surface area (Å²) in [6.07, 6.45) is 2.88. The fraction of sp³-hybridized carbons (Fsp3) is 0.538. The number of rotatable bonds is 7. The highest BCUT2D eigenvalue weighted by Gasteiger charge is 2.17. The number of benzene rings is 1. The molecule has 0 radical (unpaired) electrons. The molecular weight excluding hydrogens is 333 g/mol. The van der Waals surface area contributed by atoms with Crippen molar-refractivity contribution in [3.05, 3.63) is 28.5 Å². The van der Waals surface area contributed by atoms with E-state index >= 15 is 0 Å². The topological polar surface area (TPSA) is 46.2 Å². The van der Waals surface area contributed by atoms with Crippen LogP contribution < -0.4 is 4.72 Å². The first kappa shape index (κ1) is 16.6. The maximum Gasteiger partial charge on any atom is 0.241 e. The molecule has 0 unspecified atom stereocenters. The van der Waals surface area contributed by atoms with Gasteiger partial charge in [-0.1, -0.05) is 26.7 Å². The Bertz CT molecular complexity index is 517. The van der Waals surface area contributed by atoms with Gasteiger partial charge in [-0.3, -0.25) is 0 Å². The summed E-state index contributed by atoms with van der Waals surface area (Å²) in [5, 5.41) is 0. The van der Waals surface area contributed by atoms with Crippen molar-refractivity contribution in [2.24, 2.45) is 5.92 Å². The highest BCUT2D eigenvalue weighted by Crippen LogP contribution is 2.22. The Balaban J connectivity index is 2.56. The van der Waals surface area contributed by atoms with Gasteiger partial charge >= 0.3 is 0 Å². The zero-order valence-electron chi connectivity index (χ0n) is 11.1. The lowest BCUT2D eigenvalue weighted by atomic mass is 10.1. The van der Waals surface area contributed by atoms with Gasteiger partial charge in [-0.25, -0.2) is 17.5 Å². The molecule has 0 atom stereocenters. The highest BCUT2D eigenvalue weighted by molar-refractivity contribution is 9.10. The molecule has 0 aliphatic rings. The molecule has 19 heavy (non-hydrogen) atoms. The Morgan fingerprint density at radius 1 is 1.32 bits per heavy atom. The lowest BCUT2D eigenvalue weighted by molar-refractivity contribution is 0.530. The standard InChI is InChI=1S/C13H19BrFNO2S/c1-10(2)5-3-4-8-16-19(17,18)13-7-6-11(15)9-12(13)14/h6-7,9-10,16H,3-5,8H2,1-2H3. The lowest BCUT2D eigenvalue weighted by Gasteiger charge is -2.09. The van der Waals surface area contributed by atoms with Crippen LogP contribution in [-0.2, 0) is 10.0 Å². The second kappa shape index (κ2) is 7.36. The molecule has 0 aliphatic heterocycles. The molecule has 0 aromatic heterocycles. The van der Waals surface area contributed by atoms with Crippen LogP contribution in [0.3, 0.4) is 0 Å². The third kappa shape index (κ3) is 5.58. The molecule has 6 heteroatoms. The van der Waals surface area contributed by atoms with E-state index in [1.54, 1.807) is 0 Å². The summed E-state index contributed by atoms with van der Waals surface area (Å²) in [7, 11) is -3.57. The fourth-order valence-electron chi connectivity index (χ4n) is 1.66. The van der Waals surface area contributed by atoms with Gasteiger partial charge in [0.05, 0.1) is 4.90 Å². The van der Waals surface area contributed by atoms with Crippen LogP contribution >= 0.6 is 15.9 Å². The molecular formula is C13H19BrFNO2S. The molecule has 0 saturated heterocycles. The third-order valence-corrected chi connectivity index (χ3v) is 5.12. The second-order valence-electron chi connectivity index (χ2n) is 4.86. The summed E-state index contributed by atoms with van der Waals surface area (Å²) in [5.41, 5.74) is 0. The number of hydrogen-bond acceptors (Lipinski definition) is 2. The van der Waals surface area contributed by atoms with Gasteiger partial charge < -0.3 is 0 Å². The van der Waals surface area contributed by atoms with Gasteiger partial charge in [0, 0.05) is 11.0 Å². The molecule has 1 rings (SSSR count). The van der Waals surface area contributed by atoms with Crippen molar-refractivity contribution in [2.75, 3.05) is 6.54 Å². The zero-order valence-corrected chi connectivity index (χ0v) is 13.5. The molecule has 108 valence electrons. The van der Waals surface area contributed by atoms with Crippen LogP contribution in [0.2, 0.25) is 0 Å². The van der Waals surface area contributed by atoms with Crippen LogP contribution in [0.25, 0.3) is 0 Å². The van der Waals surface area contributed by atoms with Gasteiger partial charge in [0.2, 0.25) is 10.0 Å². The molecule has 0 bridgehead atoms. The van der Waals surface area contributed by atoms with E-state index in [1.165, 1.54) is 6.07 Å². The molecule has 0 saturated carbocycles. The first-order valence-corrected chi connectivity index (χ1v) is 8.55. The Labute approximate surface area is 122 Å². The van der Waals surface area contributed by atoms with E-state index in [9.17, 15) is 12.8 Å². The van der Waals surface area contributed by atoms with Gasteiger partial charge in [-0.15, -0.1) is 0 Å². The second-order valence-corrected chi connectivity index (χ2v) is 7.45. The third-order valence-electron chi connectivity index (χ3n) is 2.68. The van der Waals surface area contributed by atoms with Crippen molar-refractivity contribution in [1.82, 2.24) is 4.72 Å². The maximum atomic E-state index is 12.9. The van der Waals surface area contributed by atoms with Gasteiger partial charge in [-0.05, 0) is 46.5 Å². The number of sulfonamides is 1. The minimum atomic E-state index is -3.57. The molecule has 0 amide bonds. The van der Waals surface area contributed by atoms with Crippen molar-refractivity contribution in [1.29, 1.82) is 0 Å². The Morgan fingerprint density at radius 3 is 2.58 bits per heavy atom. The van der Waals surface area contributed by atoms with Crippen LogP contribution in [0, 0.1) is 11.7 Å². The van der Waals surface area contributed by atoms with Crippen LogP contribution in [0.1, 0.15) is 33.1 Å². The first-order chi connectivity index (χ1) is 8.83. The van der Waals surface area contributed by atoms with E-state index in [4.69, 9.17) is 0 Å². The van der Waals surface area contributed by atoms with Crippen molar-refractivity contribution in [2.45, 2.75) is 38.0 Å². The SMILES string of the molecule is CC(C)CCCCNS(=O)(=O)c1ccc(F)cc1Br. The van der Waals surface area contributed by atoms with Crippen LogP contribution in [0.15, 0.2) is 27.6 Å². The lowest BCUT2D eigenvalue weighted by Crippen LogP contribution is -2.25. The van der Waals surface area contributed by atoms with Crippen molar-refractivity contribution < 1.29 is 12.8 Å². The monoisotopic (exact) mass is 351 g/mol. The minimum absolute atomic E-state index is 0.0674. The average molecular weight is 352 g/mol. The van der Waals surface area contributed by atoms with E-state index in [0.717, 1.165) is 31.4 Å². The van der Waals surface area contributed by atoms with E-state index in [1.807, 2.05) is 0 Å². The van der Waals surface area contributed by atoms with Crippen LogP contribution in [-0.4, -0.2) is 15.0 Å². The summed E-state index contributed by atoms with van der Waals surface area (Å²) in [6, 6.07) is 3.54. The number of unbranched alkanes of at least 4 members (excludes halogenated alkanes) is 1. The molecule has 0 heterocycles. The van der Waals surface area contributed by atoms with Crippen molar-refractivity contribution >= 4 is 26.0 Å². The summed E-state index contributed by atoms with van der Waals surface area (Å²) < 4.78 is 39.7. The number of hydrogen-bond donors (Lipinski definition) is 1. The predicted molar refractivity (Wildman–Crippen MR) is 78.0 cm³/mol. The van der Waals surface area contributed by atoms with Crippen LogP contribution in [0.5, 0.6) is 0 Å². The minimum Gasteiger partial charge on any atom is -0.211 e. The zero-order chi connectivity index (χ0) is 14.5. The quantitative estimate of drug-likeness (QED) is 0.761. The normalized spacial score (nSPS) is 12.1. The van der Waals surface area contributed by atoms with E-state index in [2.05, 4.69) is 34.5 Å². The molecule has 1 aromatic carbocycles. The van der Waals surface area contributed by atoms with E-state index < -0.39 is 15.8 Å². The van der Waals surface area contributed by atoms with E-state index in [0.29, 0.717) is 12.5 Å². The average Bonchev–Trinajstić information content (AvgIpc) is 2.27. The summed E-state index contributed by atoms with van der Waals surface area (Å²) in [5.74, 6) is 0.158. The van der Waals surface area contributed by atoms with Crippen molar-refractivity contribution in [3.63, 3.8) is 0 Å². The van der Waals surface area contributed by atoms with Crippen molar-refractivity contribution in [3.8, 4) is 0 Å². The van der Waals surface area contributed by atoms with Gasteiger partial charge in [0.25, 0.3) is 0 Å².